The molecule has 0 aliphatic carbocycles. The Morgan fingerprint density at radius 2 is 1.92 bits per heavy atom. The zero-order valence-corrected chi connectivity index (χ0v) is 14.6. The summed E-state index contributed by atoms with van der Waals surface area (Å²) in [5.74, 6) is -0.353. The Morgan fingerprint density at radius 3 is 2.50 bits per heavy atom. The maximum Gasteiger partial charge on any atom is 0.326 e. The fourth-order valence-electron chi connectivity index (χ4n) is 2.04. The summed E-state index contributed by atoms with van der Waals surface area (Å²) in [6.07, 6.45) is 1.32. The molecule has 7 heteroatoms. The third-order valence-electron chi connectivity index (χ3n) is 3.02. The highest BCUT2D eigenvalue weighted by molar-refractivity contribution is 8.18. The van der Waals surface area contributed by atoms with E-state index in [2.05, 4.69) is 0 Å². The van der Waals surface area contributed by atoms with Crippen LogP contribution in [0.15, 0.2) is 29.2 Å². The Balaban J connectivity index is 2.08. The van der Waals surface area contributed by atoms with Gasteiger partial charge in [0, 0.05) is 0 Å². The molecule has 1 fully saturated rings. The van der Waals surface area contributed by atoms with Gasteiger partial charge >= 0.3 is 5.97 Å². The molecule has 24 heavy (non-hydrogen) atoms. The van der Waals surface area contributed by atoms with Crippen LogP contribution in [0.25, 0.3) is 6.08 Å². The lowest BCUT2D eigenvalue weighted by Crippen LogP contribution is -2.35. The lowest BCUT2D eigenvalue weighted by molar-refractivity contribution is -0.149. The number of esters is 1. The molecule has 1 aliphatic heterocycles. The molecule has 0 N–H and O–H groups in total. The lowest BCUT2D eigenvalue weighted by Gasteiger charge is -2.13. The van der Waals surface area contributed by atoms with Crippen LogP contribution in [0.4, 0.5) is 4.79 Å². The Kier molecular flexibility index (Phi) is 6.03. The molecule has 0 saturated carbocycles. The summed E-state index contributed by atoms with van der Waals surface area (Å²) in [4.78, 5) is 37.1. The van der Waals surface area contributed by atoms with Gasteiger partial charge in [0.2, 0.25) is 0 Å². The van der Waals surface area contributed by atoms with Crippen molar-refractivity contribution < 1.29 is 23.9 Å². The minimum Gasteiger partial charge on any atom is -0.494 e. The number of nitrogens with zero attached hydrogens (tertiary/aromatic N) is 1. The van der Waals surface area contributed by atoms with E-state index in [9.17, 15) is 14.4 Å². The maximum atomic E-state index is 12.3. The highest BCUT2D eigenvalue weighted by Gasteiger charge is 2.36. The van der Waals surface area contributed by atoms with E-state index >= 15 is 0 Å². The number of ether oxygens (including phenoxy) is 2. The molecule has 2 rings (SSSR count). The van der Waals surface area contributed by atoms with Gasteiger partial charge in [0.25, 0.3) is 11.1 Å². The van der Waals surface area contributed by atoms with Crippen LogP contribution < -0.4 is 4.74 Å². The first kappa shape index (κ1) is 18.1. The summed E-state index contributed by atoms with van der Waals surface area (Å²) in [6, 6.07) is 7.18. The number of carbonyl (C=O) groups excluding carboxylic acids is 3. The smallest absolute Gasteiger partial charge is 0.326 e. The zero-order chi connectivity index (χ0) is 17.7. The van der Waals surface area contributed by atoms with Crippen LogP contribution in [0.3, 0.4) is 0 Å². The molecule has 0 atom stereocenters. The topological polar surface area (TPSA) is 72.9 Å². The second kappa shape index (κ2) is 8.01. The van der Waals surface area contributed by atoms with Crippen molar-refractivity contribution in [2.24, 2.45) is 0 Å². The summed E-state index contributed by atoms with van der Waals surface area (Å²) < 4.78 is 10.3. The number of benzene rings is 1. The predicted octanol–water partition coefficient (Wildman–Crippen LogP) is 3.07. The van der Waals surface area contributed by atoms with Crippen LogP contribution in [0.5, 0.6) is 5.75 Å². The normalized spacial score (nSPS) is 16.2. The van der Waals surface area contributed by atoms with Gasteiger partial charge < -0.3 is 9.47 Å². The van der Waals surface area contributed by atoms with E-state index in [4.69, 9.17) is 9.47 Å². The van der Waals surface area contributed by atoms with Gasteiger partial charge in [-0.05, 0) is 56.3 Å². The van der Waals surface area contributed by atoms with Crippen molar-refractivity contribution in [3.05, 3.63) is 34.7 Å². The van der Waals surface area contributed by atoms with Gasteiger partial charge in [0.1, 0.15) is 12.3 Å². The number of imide groups is 1. The summed E-state index contributed by atoms with van der Waals surface area (Å²) in [5, 5.41) is -0.474. The molecule has 128 valence electrons. The molecule has 1 heterocycles. The first-order valence-corrected chi connectivity index (χ1v) is 8.40. The lowest BCUT2D eigenvalue weighted by atomic mass is 10.2. The molecule has 1 saturated heterocycles. The molecule has 6 nitrogen and oxygen atoms in total. The number of amides is 2. The molecule has 2 amide bonds. The van der Waals surface area contributed by atoms with Gasteiger partial charge in [-0.25, -0.2) is 0 Å². The van der Waals surface area contributed by atoms with Gasteiger partial charge in [-0.15, -0.1) is 0 Å². The first-order valence-electron chi connectivity index (χ1n) is 7.58. The highest BCUT2D eigenvalue weighted by Crippen LogP contribution is 2.32. The molecule has 0 aromatic heterocycles. The zero-order valence-electron chi connectivity index (χ0n) is 13.8. The molecule has 0 bridgehead atoms. The summed E-state index contributed by atoms with van der Waals surface area (Å²) in [6.45, 7) is 5.51. The molecule has 0 unspecified atom stereocenters. The van der Waals surface area contributed by atoms with Gasteiger partial charge in [-0.3, -0.25) is 19.3 Å². The third-order valence-corrected chi connectivity index (χ3v) is 3.92. The van der Waals surface area contributed by atoms with E-state index in [0.717, 1.165) is 28.0 Å². The van der Waals surface area contributed by atoms with Crippen LogP contribution in [0, 0.1) is 0 Å². The van der Waals surface area contributed by atoms with E-state index in [-0.39, 0.29) is 17.6 Å². The fourth-order valence-corrected chi connectivity index (χ4v) is 2.88. The molecular formula is C17H19NO5S. The Labute approximate surface area is 144 Å². The van der Waals surface area contributed by atoms with Crippen LogP contribution in [-0.4, -0.2) is 41.3 Å². The minimum atomic E-state index is -0.602. The van der Waals surface area contributed by atoms with Gasteiger partial charge in [0.05, 0.1) is 17.6 Å². The molecular weight excluding hydrogens is 330 g/mol. The van der Waals surface area contributed by atoms with Crippen molar-refractivity contribution in [2.75, 3.05) is 13.2 Å². The van der Waals surface area contributed by atoms with E-state index in [0.29, 0.717) is 6.61 Å². The van der Waals surface area contributed by atoms with Crippen LogP contribution in [0.2, 0.25) is 0 Å². The van der Waals surface area contributed by atoms with Gasteiger partial charge in [-0.1, -0.05) is 12.1 Å². The van der Waals surface area contributed by atoms with Crippen molar-refractivity contribution in [1.82, 2.24) is 4.90 Å². The monoisotopic (exact) mass is 349 g/mol. The number of thioether (sulfide) groups is 1. The minimum absolute atomic E-state index is 0.279. The van der Waals surface area contributed by atoms with Gasteiger partial charge in [0.15, 0.2) is 0 Å². The SMILES string of the molecule is CCOc1ccc(/C=C2\SC(=O)N(CC(=O)OC(C)C)C2=O)cc1. The second-order valence-corrected chi connectivity index (χ2v) is 6.30. The number of hydrogen-bond donors (Lipinski definition) is 0. The summed E-state index contributed by atoms with van der Waals surface area (Å²) >= 11 is 0.811. The Bertz CT molecular complexity index is 666. The van der Waals surface area contributed by atoms with E-state index in [1.807, 2.05) is 6.92 Å². The summed E-state index contributed by atoms with van der Waals surface area (Å²) in [7, 11) is 0. The Hall–Kier alpha value is -2.28. The van der Waals surface area contributed by atoms with Crippen molar-refractivity contribution >= 4 is 35.0 Å². The van der Waals surface area contributed by atoms with Crippen molar-refractivity contribution in [1.29, 1.82) is 0 Å². The average Bonchev–Trinajstić information content (AvgIpc) is 2.76. The fraction of sp³-hybridized carbons (Fsp3) is 0.353. The van der Waals surface area contributed by atoms with E-state index in [1.54, 1.807) is 44.2 Å². The van der Waals surface area contributed by atoms with Crippen molar-refractivity contribution in [3.8, 4) is 5.75 Å². The van der Waals surface area contributed by atoms with E-state index in [1.165, 1.54) is 0 Å². The largest absolute Gasteiger partial charge is 0.494 e. The molecule has 1 aromatic carbocycles. The number of rotatable bonds is 6. The molecule has 1 aromatic rings. The van der Waals surface area contributed by atoms with E-state index < -0.39 is 17.1 Å². The van der Waals surface area contributed by atoms with Crippen molar-refractivity contribution in [3.63, 3.8) is 0 Å². The van der Waals surface area contributed by atoms with Gasteiger partial charge in [-0.2, -0.15) is 0 Å². The maximum absolute atomic E-state index is 12.3. The molecule has 1 aliphatic rings. The average molecular weight is 349 g/mol. The third kappa shape index (κ3) is 4.61. The number of carbonyl (C=O) groups is 3. The van der Waals surface area contributed by atoms with Crippen LogP contribution in [0.1, 0.15) is 26.3 Å². The van der Waals surface area contributed by atoms with Crippen LogP contribution >= 0.6 is 11.8 Å². The highest BCUT2D eigenvalue weighted by atomic mass is 32.2. The quantitative estimate of drug-likeness (QED) is 0.580. The second-order valence-electron chi connectivity index (χ2n) is 5.31. The Morgan fingerprint density at radius 1 is 1.25 bits per heavy atom. The molecule has 0 radical (unpaired) electrons. The van der Waals surface area contributed by atoms with Crippen molar-refractivity contribution in [2.45, 2.75) is 26.9 Å². The molecule has 0 spiro atoms. The predicted molar refractivity (Wildman–Crippen MR) is 91.5 cm³/mol. The van der Waals surface area contributed by atoms with Crippen LogP contribution in [-0.2, 0) is 14.3 Å². The first-order chi connectivity index (χ1) is 11.4. The number of hydrogen-bond acceptors (Lipinski definition) is 6. The standard InChI is InChI=1S/C17H19NO5S/c1-4-22-13-7-5-12(6-8-13)9-14-16(20)18(17(21)24-14)10-15(19)23-11(2)3/h5-9,11H,4,10H2,1-3H3/b14-9-. The summed E-state index contributed by atoms with van der Waals surface area (Å²) in [5.41, 5.74) is 0.772.